The fraction of sp³-hybridized carbons (Fsp3) is 0.333. The average Bonchev–Trinajstić information content (AvgIpc) is 3.11. The summed E-state index contributed by atoms with van der Waals surface area (Å²) in [6, 6.07) is 3.67. The molecule has 0 fully saturated rings. The Balaban J connectivity index is 1.71. The minimum Gasteiger partial charge on any atom is -0.484 e. The number of hydrogen-bond donors (Lipinski definition) is 2. The molecule has 158 valence electrons. The lowest BCUT2D eigenvalue weighted by Gasteiger charge is -2.16. The summed E-state index contributed by atoms with van der Waals surface area (Å²) in [5.74, 6) is -1.18. The average molecular weight is 430 g/mol. The zero-order chi connectivity index (χ0) is 21.8. The smallest absolute Gasteiger partial charge is 0.326 e. The molecule has 2 N–H and O–H groups in total. The summed E-state index contributed by atoms with van der Waals surface area (Å²) in [5, 5.41) is 14.7. The number of ether oxygens (including phenoxy) is 1. The van der Waals surface area contributed by atoms with Gasteiger partial charge < -0.3 is 19.6 Å². The quantitative estimate of drug-likeness (QED) is 0.563. The van der Waals surface area contributed by atoms with E-state index in [9.17, 15) is 19.5 Å². The van der Waals surface area contributed by atoms with Gasteiger partial charge in [-0.2, -0.15) is 0 Å². The molecule has 0 radical (unpaired) electrons. The number of fused-ring (bicyclic) bond motifs is 1. The van der Waals surface area contributed by atoms with Gasteiger partial charge in [-0.1, -0.05) is 13.8 Å². The van der Waals surface area contributed by atoms with Crippen LogP contribution in [0.15, 0.2) is 39.1 Å². The number of carboxylic acids is 1. The van der Waals surface area contributed by atoms with Gasteiger partial charge in [-0.15, -0.1) is 11.3 Å². The molecular weight excluding hydrogens is 408 g/mol. The number of benzene rings is 1. The van der Waals surface area contributed by atoms with Crippen LogP contribution in [0.25, 0.3) is 22.2 Å². The van der Waals surface area contributed by atoms with Gasteiger partial charge in [0, 0.05) is 11.4 Å². The molecule has 0 saturated carbocycles. The summed E-state index contributed by atoms with van der Waals surface area (Å²) in [6.07, 6.45) is 1.68. The van der Waals surface area contributed by atoms with Crippen molar-refractivity contribution >= 4 is 34.2 Å². The number of carbonyl (C=O) groups excluding carboxylic acids is 1. The van der Waals surface area contributed by atoms with Gasteiger partial charge in [-0.3, -0.25) is 9.59 Å². The number of nitrogens with zero attached hydrogens (tertiary/aromatic N) is 1. The zero-order valence-electron chi connectivity index (χ0n) is 16.8. The van der Waals surface area contributed by atoms with E-state index < -0.39 is 17.9 Å². The van der Waals surface area contributed by atoms with Crippen LogP contribution in [-0.4, -0.2) is 34.6 Å². The van der Waals surface area contributed by atoms with E-state index in [0.717, 1.165) is 5.01 Å². The molecule has 1 atom stereocenters. The summed E-state index contributed by atoms with van der Waals surface area (Å²) >= 11 is 1.45. The molecule has 0 aliphatic rings. The third-order valence-corrected chi connectivity index (χ3v) is 5.12. The largest absolute Gasteiger partial charge is 0.484 e. The van der Waals surface area contributed by atoms with E-state index in [1.165, 1.54) is 23.7 Å². The van der Waals surface area contributed by atoms with E-state index in [-0.39, 0.29) is 18.0 Å². The molecule has 0 spiro atoms. The van der Waals surface area contributed by atoms with Crippen molar-refractivity contribution < 1.29 is 23.8 Å². The van der Waals surface area contributed by atoms with Gasteiger partial charge in [0.1, 0.15) is 23.6 Å². The molecule has 0 saturated heterocycles. The zero-order valence-corrected chi connectivity index (χ0v) is 17.6. The number of aryl methyl sites for hydroxylation is 1. The summed E-state index contributed by atoms with van der Waals surface area (Å²) in [6.45, 7) is 5.26. The van der Waals surface area contributed by atoms with E-state index in [1.807, 2.05) is 20.8 Å². The Bertz CT molecular complexity index is 1130. The van der Waals surface area contributed by atoms with Crippen LogP contribution in [0, 0.1) is 12.8 Å². The van der Waals surface area contributed by atoms with Crippen LogP contribution in [0.2, 0.25) is 0 Å². The van der Waals surface area contributed by atoms with Gasteiger partial charge >= 0.3 is 5.97 Å². The Morgan fingerprint density at radius 1 is 1.33 bits per heavy atom. The highest BCUT2D eigenvalue weighted by Crippen LogP contribution is 2.24. The molecule has 0 aliphatic heterocycles. The lowest BCUT2D eigenvalue weighted by atomic mass is 10.0. The van der Waals surface area contributed by atoms with Gasteiger partial charge in [0.2, 0.25) is 5.43 Å². The second-order valence-corrected chi connectivity index (χ2v) is 8.33. The predicted molar refractivity (Wildman–Crippen MR) is 113 cm³/mol. The Morgan fingerprint density at radius 3 is 2.73 bits per heavy atom. The Hall–Kier alpha value is -3.20. The first-order valence-electron chi connectivity index (χ1n) is 9.37. The fourth-order valence-corrected chi connectivity index (χ4v) is 3.55. The number of nitrogens with one attached hydrogen (secondary N) is 1. The molecular formula is C21H22N2O6S. The number of thiazole rings is 1. The highest BCUT2D eigenvalue weighted by molar-refractivity contribution is 7.09. The number of rotatable bonds is 8. The van der Waals surface area contributed by atoms with E-state index in [2.05, 4.69) is 10.3 Å². The molecule has 3 rings (SSSR count). The minimum atomic E-state index is -1.09. The van der Waals surface area contributed by atoms with Gasteiger partial charge in [-0.25, -0.2) is 9.78 Å². The molecule has 3 aromatic rings. The second-order valence-electron chi connectivity index (χ2n) is 7.26. The highest BCUT2D eigenvalue weighted by Gasteiger charge is 2.21. The van der Waals surface area contributed by atoms with Gasteiger partial charge in [-0.05, 0) is 31.4 Å². The third-order valence-electron chi connectivity index (χ3n) is 4.35. The van der Waals surface area contributed by atoms with Gasteiger partial charge in [0.15, 0.2) is 6.61 Å². The van der Waals surface area contributed by atoms with Crippen LogP contribution >= 0.6 is 11.3 Å². The number of amides is 1. The highest BCUT2D eigenvalue weighted by atomic mass is 32.1. The SMILES string of the molecule is Cc1nc(-c2coc3cc(OCC(=O)N[C@@H](CC(C)C)C(=O)O)ccc3c2=O)cs1. The van der Waals surface area contributed by atoms with Crippen LogP contribution < -0.4 is 15.5 Å². The summed E-state index contributed by atoms with van der Waals surface area (Å²) in [5.41, 5.74) is 1.06. The Kier molecular flexibility index (Phi) is 6.51. The third kappa shape index (κ3) is 5.04. The minimum absolute atomic E-state index is 0.119. The molecule has 30 heavy (non-hydrogen) atoms. The molecule has 8 nitrogen and oxygen atoms in total. The number of carboxylic acid groups (broad SMARTS) is 1. The first-order chi connectivity index (χ1) is 14.2. The van der Waals surface area contributed by atoms with Crippen molar-refractivity contribution in [2.24, 2.45) is 5.92 Å². The van der Waals surface area contributed by atoms with Crippen LogP contribution in [-0.2, 0) is 9.59 Å². The summed E-state index contributed by atoms with van der Waals surface area (Å²) in [4.78, 5) is 40.4. The van der Waals surface area contributed by atoms with Crippen molar-refractivity contribution in [3.8, 4) is 17.0 Å². The monoisotopic (exact) mass is 430 g/mol. The van der Waals surface area contributed by atoms with Crippen molar-refractivity contribution in [3.05, 3.63) is 45.1 Å². The van der Waals surface area contributed by atoms with Crippen molar-refractivity contribution in [2.75, 3.05) is 6.61 Å². The van der Waals surface area contributed by atoms with Crippen molar-refractivity contribution in [1.29, 1.82) is 0 Å². The molecule has 9 heteroatoms. The maximum Gasteiger partial charge on any atom is 0.326 e. The standard InChI is InChI=1S/C21H22N2O6S/c1-11(2)6-16(21(26)27)23-19(24)9-28-13-4-5-14-18(7-13)29-8-15(20(14)25)17-10-30-12(3)22-17/h4-5,7-8,10-11,16H,6,9H2,1-3H3,(H,23,24)(H,26,27)/t16-/m0/s1. The predicted octanol–water partition coefficient (Wildman–Crippen LogP) is 3.22. The molecule has 0 bridgehead atoms. The lowest BCUT2D eigenvalue weighted by Crippen LogP contribution is -2.43. The van der Waals surface area contributed by atoms with E-state index in [1.54, 1.807) is 17.5 Å². The van der Waals surface area contributed by atoms with E-state index in [4.69, 9.17) is 9.15 Å². The fourth-order valence-electron chi connectivity index (χ4n) is 2.94. The van der Waals surface area contributed by atoms with Crippen LogP contribution in [0.1, 0.15) is 25.3 Å². The van der Waals surface area contributed by atoms with Crippen LogP contribution in [0.4, 0.5) is 0 Å². The summed E-state index contributed by atoms with van der Waals surface area (Å²) in [7, 11) is 0. The molecule has 0 unspecified atom stereocenters. The van der Waals surface area contributed by atoms with Crippen LogP contribution in [0.3, 0.4) is 0 Å². The first kappa shape index (κ1) is 21.5. The van der Waals surface area contributed by atoms with Gasteiger partial charge in [0.05, 0.1) is 21.7 Å². The number of aliphatic carboxylic acids is 1. The Morgan fingerprint density at radius 2 is 2.10 bits per heavy atom. The maximum absolute atomic E-state index is 12.7. The Labute approximate surface area is 176 Å². The maximum atomic E-state index is 12.7. The van der Waals surface area contributed by atoms with E-state index >= 15 is 0 Å². The molecule has 2 heterocycles. The number of carbonyl (C=O) groups is 2. The number of hydrogen-bond acceptors (Lipinski definition) is 7. The molecule has 1 aromatic carbocycles. The molecule has 2 aromatic heterocycles. The normalized spacial score (nSPS) is 12.1. The van der Waals surface area contributed by atoms with Crippen molar-refractivity contribution in [3.63, 3.8) is 0 Å². The first-order valence-corrected chi connectivity index (χ1v) is 10.3. The van der Waals surface area contributed by atoms with Crippen LogP contribution in [0.5, 0.6) is 5.75 Å². The topological polar surface area (TPSA) is 119 Å². The van der Waals surface area contributed by atoms with Crippen molar-refractivity contribution in [2.45, 2.75) is 33.2 Å². The summed E-state index contributed by atoms with van der Waals surface area (Å²) < 4.78 is 11.0. The second kappa shape index (κ2) is 9.08. The van der Waals surface area contributed by atoms with Gasteiger partial charge in [0.25, 0.3) is 5.91 Å². The molecule has 0 aliphatic carbocycles. The number of aromatic nitrogens is 1. The van der Waals surface area contributed by atoms with Crippen molar-refractivity contribution in [1.82, 2.24) is 10.3 Å². The molecule has 1 amide bonds. The van der Waals surface area contributed by atoms with E-state index in [0.29, 0.717) is 34.4 Å². The lowest BCUT2D eigenvalue weighted by molar-refractivity contribution is -0.142.